The third-order valence-corrected chi connectivity index (χ3v) is 5.62. The van der Waals surface area contributed by atoms with Crippen molar-refractivity contribution < 1.29 is 14.3 Å². The smallest absolute Gasteiger partial charge is 0.320 e. The van der Waals surface area contributed by atoms with E-state index >= 15 is 0 Å². The topological polar surface area (TPSA) is 149 Å². The molecule has 32 heavy (non-hydrogen) atoms. The summed E-state index contributed by atoms with van der Waals surface area (Å²) in [5.74, 6) is 0.785. The number of amidine groups is 1. The summed E-state index contributed by atoms with van der Waals surface area (Å²) in [6.45, 7) is 2.16. The largest absolute Gasteiger partial charge is 0.399 e. The molecule has 11 nitrogen and oxygen atoms in total. The van der Waals surface area contributed by atoms with Gasteiger partial charge in [-0.25, -0.2) is 4.99 Å². The van der Waals surface area contributed by atoms with Crippen molar-refractivity contribution >= 4 is 23.4 Å². The molecule has 1 saturated heterocycles. The first-order chi connectivity index (χ1) is 15.6. The first-order valence-corrected chi connectivity index (χ1v) is 10.8. The zero-order valence-corrected chi connectivity index (χ0v) is 17.7. The van der Waals surface area contributed by atoms with Gasteiger partial charge in [-0.3, -0.25) is 9.59 Å². The number of aromatic amines is 1. The van der Waals surface area contributed by atoms with E-state index in [0.29, 0.717) is 23.7 Å². The van der Waals surface area contributed by atoms with Gasteiger partial charge in [0.25, 0.3) is 0 Å². The Morgan fingerprint density at radius 3 is 2.69 bits per heavy atom. The van der Waals surface area contributed by atoms with Gasteiger partial charge in [-0.1, -0.05) is 5.10 Å². The van der Waals surface area contributed by atoms with Crippen LogP contribution in [0.25, 0.3) is 0 Å². The van der Waals surface area contributed by atoms with Crippen molar-refractivity contribution in [3.05, 3.63) is 46.5 Å². The second-order valence-corrected chi connectivity index (χ2v) is 7.95. The van der Waals surface area contributed by atoms with Crippen LogP contribution in [0, 0.1) is 5.92 Å². The number of hydrogen-bond acceptors (Lipinski definition) is 9. The van der Waals surface area contributed by atoms with E-state index in [9.17, 15) is 14.7 Å². The van der Waals surface area contributed by atoms with Crippen LogP contribution in [0.3, 0.4) is 0 Å². The number of aliphatic imine (C=N–C) groups is 1. The molecule has 2 aliphatic rings. The van der Waals surface area contributed by atoms with Gasteiger partial charge < -0.3 is 30.0 Å². The molecular weight excluding hydrogens is 414 g/mol. The van der Waals surface area contributed by atoms with Crippen molar-refractivity contribution in [3.63, 3.8) is 0 Å². The predicted molar refractivity (Wildman–Crippen MR) is 117 cm³/mol. The highest BCUT2D eigenvalue weighted by Gasteiger charge is 2.21. The van der Waals surface area contributed by atoms with Gasteiger partial charge in [0.15, 0.2) is 0 Å². The van der Waals surface area contributed by atoms with Crippen LogP contribution in [0.15, 0.2) is 44.4 Å². The number of anilines is 2. The Hall–Kier alpha value is -3.47. The average molecular weight is 441 g/mol. The number of amides is 1. The Labute approximate surface area is 184 Å². The molecule has 170 valence electrons. The van der Waals surface area contributed by atoms with E-state index < -0.39 is 5.91 Å². The van der Waals surface area contributed by atoms with E-state index in [1.807, 2.05) is 0 Å². The molecule has 0 unspecified atom stereocenters. The fourth-order valence-electron chi connectivity index (χ4n) is 3.88. The molecule has 0 saturated carbocycles. The van der Waals surface area contributed by atoms with E-state index in [-0.39, 0.29) is 24.1 Å². The van der Waals surface area contributed by atoms with E-state index in [4.69, 9.17) is 4.42 Å². The molecular formula is C21H27N7O4. The Kier molecular flexibility index (Phi) is 6.95. The first kappa shape index (κ1) is 21.8. The SMILES string of the molecule is O=C(NC1=CN=C(N2CCCC(CO)CCC2)CC1)c1nnc(Nc2ccc(=O)[nH]c2)o1. The van der Waals surface area contributed by atoms with Gasteiger partial charge in [-0.05, 0) is 44.1 Å². The van der Waals surface area contributed by atoms with Gasteiger partial charge in [0.2, 0.25) is 5.56 Å². The van der Waals surface area contributed by atoms with Gasteiger partial charge >= 0.3 is 17.8 Å². The van der Waals surface area contributed by atoms with Crippen LogP contribution < -0.4 is 16.2 Å². The number of nitrogens with zero attached hydrogens (tertiary/aromatic N) is 4. The Bertz CT molecular complexity index is 1030. The van der Waals surface area contributed by atoms with Gasteiger partial charge in [0.1, 0.15) is 5.84 Å². The zero-order chi connectivity index (χ0) is 22.3. The molecule has 0 radical (unpaired) electrons. The van der Waals surface area contributed by atoms with Crippen LogP contribution in [0.4, 0.5) is 11.7 Å². The van der Waals surface area contributed by atoms with Crippen molar-refractivity contribution in [2.75, 3.05) is 25.0 Å². The van der Waals surface area contributed by atoms with Gasteiger partial charge in [0.05, 0.1) is 5.69 Å². The van der Waals surface area contributed by atoms with E-state index in [1.165, 1.54) is 12.3 Å². The second kappa shape index (κ2) is 10.2. The molecule has 0 atom stereocenters. The molecule has 4 heterocycles. The fraction of sp³-hybridized carbons (Fsp3) is 0.476. The van der Waals surface area contributed by atoms with E-state index in [2.05, 4.69) is 35.7 Å². The minimum Gasteiger partial charge on any atom is -0.399 e. The quantitative estimate of drug-likeness (QED) is 0.548. The normalized spacial score (nSPS) is 17.7. The molecule has 4 N–H and O–H groups in total. The molecule has 2 aromatic rings. The molecule has 2 aromatic heterocycles. The zero-order valence-electron chi connectivity index (χ0n) is 17.7. The predicted octanol–water partition coefficient (Wildman–Crippen LogP) is 1.75. The molecule has 4 rings (SSSR count). The number of nitrogens with one attached hydrogen (secondary N) is 3. The molecule has 1 amide bonds. The maximum Gasteiger partial charge on any atom is 0.320 e. The third-order valence-electron chi connectivity index (χ3n) is 5.62. The lowest BCUT2D eigenvalue weighted by molar-refractivity contribution is 0.0931. The molecule has 2 aliphatic heterocycles. The summed E-state index contributed by atoms with van der Waals surface area (Å²) < 4.78 is 5.35. The third kappa shape index (κ3) is 5.61. The van der Waals surface area contributed by atoms with Crippen LogP contribution in [0.1, 0.15) is 49.2 Å². The molecule has 1 fully saturated rings. The van der Waals surface area contributed by atoms with Gasteiger partial charge in [0, 0.05) is 50.3 Å². The molecule has 11 heteroatoms. The molecule has 0 spiro atoms. The monoisotopic (exact) mass is 441 g/mol. The summed E-state index contributed by atoms with van der Waals surface area (Å²) >= 11 is 0. The summed E-state index contributed by atoms with van der Waals surface area (Å²) in [4.78, 5) is 33.0. The van der Waals surface area contributed by atoms with E-state index in [1.54, 1.807) is 12.3 Å². The summed E-state index contributed by atoms with van der Waals surface area (Å²) in [7, 11) is 0. The van der Waals surface area contributed by atoms with E-state index in [0.717, 1.165) is 51.0 Å². The van der Waals surface area contributed by atoms with Crippen molar-refractivity contribution in [1.82, 2.24) is 25.4 Å². The highest BCUT2D eigenvalue weighted by atomic mass is 16.4. The highest BCUT2D eigenvalue weighted by molar-refractivity contribution is 5.91. The van der Waals surface area contributed by atoms with Crippen LogP contribution in [0.2, 0.25) is 0 Å². The number of likely N-dealkylation sites (tertiary alicyclic amines) is 1. The Morgan fingerprint density at radius 1 is 1.22 bits per heavy atom. The standard InChI is InChI=1S/C21H27N7O4/c29-13-14-3-1-9-28(10-2-4-14)17-7-5-15(11-22-17)24-19(31)20-26-27-21(32-20)25-16-6-8-18(30)23-12-16/h6,8,11-12,14,29H,1-5,7,9-10,13H2,(H,23,30)(H,24,31)(H,25,27). The number of rotatable bonds is 5. The first-order valence-electron chi connectivity index (χ1n) is 10.8. The molecule has 0 aromatic carbocycles. The molecule has 0 aliphatic carbocycles. The fourth-order valence-corrected chi connectivity index (χ4v) is 3.88. The maximum absolute atomic E-state index is 12.4. The summed E-state index contributed by atoms with van der Waals surface area (Å²) in [6, 6.07) is 2.96. The minimum absolute atomic E-state index is 0.0423. The van der Waals surface area contributed by atoms with Crippen LogP contribution in [-0.4, -0.2) is 56.6 Å². The summed E-state index contributed by atoms with van der Waals surface area (Å²) in [6.07, 6.45) is 8.73. The van der Waals surface area contributed by atoms with Gasteiger partial charge in [-0.2, -0.15) is 0 Å². The number of allylic oxidation sites excluding steroid dienone is 1. The maximum atomic E-state index is 12.4. The van der Waals surface area contributed by atoms with Crippen molar-refractivity contribution in [2.45, 2.75) is 38.5 Å². The number of carbonyl (C=O) groups excluding carboxylic acids is 1. The van der Waals surface area contributed by atoms with Crippen molar-refractivity contribution in [1.29, 1.82) is 0 Å². The lowest BCUT2D eigenvalue weighted by Crippen LogP contribution is -2.36. The van der Waals surface area contributed by atoms with Gasteiger partial charge in [-0.15, -0.1) is 5.10 Å². The van der Waals surface area contributed by atoms with Crippen LogP contribution >= 0.6 is 0 Å². The van der Waals surface area contributed by atoms with Crippen molar-refractivity contribution in [3.8, 4) is 0 Å². The summed E-state index contributed by atoms with van der Waals surface area (Å²) in [5.41, 5.74) is 1.02. The average Bonchev–Trinajstić information content (AvgIpc) is 3.25. The number of aliphatic hydroxyl groups excluding tert-OH is 1. The number of carbonyl (C=O) groups is 1. The number of pyridine rings is 1. The number of aliphatic hydroxyl groups is 1. The van der Waals surface area contributed by atoms with Crippen molar-refractivity contribution in [2.24, 2.45) is 10.9 Å². The second-order valence-electron chi connectivity index (χ2n) is 7.95. The number of H-pyrrole nitrogens is 1. The minimum atomic E-state index is -0.502. The lowest BCUT2D eigenvalue weighted by atomic mass is 9.96. The number of hydrogen-bond donors (Lipinski definition) is 4. The Morgan fingerprint density at radius 2 is 2.03 bits per heavy atom. The highest BCUT2D eigenvalue weighted by Crippen LogP contribution is 2.21. The lowest BCUT2D eigenvalue weighted by Gasteiger charge is -2.31. The van der Waals surface area contributed by atoms with Crippen LogP contribution in [-0.2, 0) is 0 Å². The number of aromatic nitrogens is 3. The van der Waals surface area contributed by atoms with Crippen LogP contribution in [0.5, 0.6) is 0 Å². The Balaban J connectivity index is 1.32. The molecule has 0 bridgehead atoms. The summed E-state index contributed by atoms with van der Waals surface area (Å²) in [5, 5.41) is 22.5.